The lowest BCUT2D eigenvalue weighted by Crippen LogP contribution is -2.03. The smallest absolute Gasteiger partial charge is 0.296 e. The highest BCUT2D eigenvalue weighted by Crippen LogP contribution is 2.49. The Bertz CT molecular complexity index is 3340. The van der Waals surface area contributed by atoms with E-state index < -0.39 is 30.9 Å². The summed E-state index contributed by atoms with van der Waals surface area (Å²) in [5.74, 6) is -0.148. The lowest BCUT2D eigenvalue weighted by atomic mass is 10.1. The predicted molar refractivity (Wildman–Crippen MR) is 236 cm³/mol. The maximum absolute atomic E-state index is 11.9. The third-order valence-electron chi connectivity index (χ3n) is 9.41. The summed E-state index contributed by atoms with van der Waals surface area (Å²) >= 11 is 1.05. The van der Waals surface area contributed by atoms with Crippen LogP contribution in [0.5, 0.6) is 17.2 Å². The number of ether oxygens (including phenoxy) is 2. The molecule has 0 heterocycles. The second-order valence-electron chi connectivity index (χ2n) is 13.3. The van der Waals surface area contributed by atoms with E-state index in [4.69, 9.17) is 25.7 Å². The van der Waals surface area contributed by atoms with E-state index in [9.17, 15) is 31.0 Å². The van der Waals surface area contributed by atoms with Crippen molar-refractivity contribution in [3.63, 3.8) is 0 Å². The van der Waals surface area contributed by atoms with E-state index in [1.54, 1.807) is 55.5 Å². The summed E-state index contributed by atoms with van der Waals surface area (Å²) in [5, 5.41) is 64.7. The molecule has 7 N–H and O–H groups in total. The van der Waals surface area contributed by atoms with Crippen LogP contribution in [0.2, 0.25) is 0 Å². The molecule has 0 amide bonds. The second-order valence-corrected chi connectivity index (χ2v) is 17.6. The van der Waals surface area contributed by atoms with Crippen molar-refractivity contribution in [2.75, 3.05) is 20.0 Å². The van der Waals surface area contributed by atoms with E-state index in [1.807, 2.05) is 0 Å². The number of hydrogen-bond acceptors (Lipinski definition) is 22. The average molecular weight is 966 g/mol. The maximum Gasteiger partial charge on any atom is 0.296 e. The van der Waals surface area contributed by atoms with Crippen LogP contribution in [0.3, 0.4) is 0 Å². The van der Waals surface area contributed by atoms with Gasteiger partial charge in [-0.05, 0) is 77.9 Å². The molecule has 0 saturated carbocycles. The number of aromatic hydroxyl groups is 1. The summed E-state index contributed by atoms with van der Waals surface area (Å²) in [5.41, 5.74) is 7.38. The Hall–Kier alpha value is -6.40. The highest BCUT2D eigenvalue weighted by Gasteiger charge is 2.22. The van der Waals surface area contributed by atoms with Crippen LogP contribution >= 0.6 is 24.1 Å². The van der Waals surface area contributed by atoms with Gasteiger partial charge in [-0.1, -0.05) is 34.3 Å². The lowest BCUT2D eigenvalue weighted by Gasteiger charge is -2.13. The standard InChI is InChI=1S/C39H31N7O15S4/c1-19-11-31(32(56-2)17-29(19)42-41-22-7-9-24-20(12-22)5-4-6-35(24)64(50,51)52)44-43-30-18-33(57-3)37(25-10-8-23(15-27(25)30)62-60-58-48)45-46-38-34(63-61-59-49)13-21-14-36(65(53,54)55)28(40)16-26(21)39(38)47/h4-18,47-49H,40H2,1-3H3,(H,50,51,52)(H,53,54,55). The molecule has 0 aliphatic heterocycles. The zero-order chi connectivity index (χ0) is 46.6. The van der Waals surface area contributed by atoms with Gasteiger partial charge in [0.1, 0.15) is 38.4 Å². The number of phenols is 1. The molecule has 22 nitrogen and oxygen atoms in total. The fraction of sp³-hybridized carbons (Fsp3) is 0.0769. The molecule has 7 rings (SSSR count). The van der Waals surface area contributed by atoms with Gasteiger partial charge in [0.25, 0.3) is 20.2 Å². The van der Waals surface area contributed by atoms with E-state index in [0.717, 1.165) is 12.1 Å². The molecule has 0 saturated heterocycles. The normalized spacial score (nSPS) is 12.5. The van der Waals surface area contributed by atoms with Crippen molar-refractivity contribution in [2.24, 2.45) is 30.7 Å². The number of aryl methyl sites for hydroxylation is 1. The van der Waals surface area contributed by atoms with Crippen LogP contribution in [0.1, 0.15) is 5.56 Å². The number of hydrogen-bond donors (Lipinski definition) is 6. The number of azo groups is 3. The number of nitrogen functional groups attached to an aromatic ring is 1. The highest BCUT2D eigenvalue weighted by atomic mass is 32.2. The minimum atomic E-state index is -4.75. The van der Waals surface area contributed by atoms with Crippen molar-refractivity contribution >= 4 is 116 Å². The zero-order valence-electron chi connectivity index (χ0n) is 33.4. The molecule has 0 atom stereocenters. The molecular weight excluding hydrogens is 935 g/mol. The molecule has 0 spiro atoms. The first-order chi connectivity index (χ1) is 31.0. The highest BCUT2D eigenvalue weighted by molar-refractivity contribution is 7.95. The summed E-state index contributed by atoms with van der Waals surface area (Å²) in [4.78, 5) is -0.454. The van der Waals surface area contributed by atoms with Gasteiger partial charge in [-0.2, -0.15) is 27.1 Å². The molecule has 0 bridgehead atoms. The Balaban J connectivity index is 1.28. The minimum absolute atomic E-state index is 0.0179. The van der Waals surface area contributed by atoms with Gasteiger partial charge >= 0.3 is 0 Å². The van der Waals surface area contributed by atoms with Gasteiger partial charge in [0.15, 0.2) is 5.75 Å². The van der Waals surface area contributed by atoms with E-state index in [1.165, 1.54) is 44.6 Å². The molecule has 65 heavy (non-hydrogen) atoms. The molecule has 0 fully saturated rings. The molecule has 0 aliphatic rings. The lowest BCUT2D eigenvalue weighted by molar-refractivity contribution is -0.432. The van der Waals surface area contributed by atoms with E-state index in [0.29, 0.717) is 73.2 Å². The number of benzene rings is 7. The second kappa shape index (κ2) is 19.4. The van der Waals surface area contributed by atoms with Gasteiger partial charge in [-0.15, -0.1) is 29.1 Å². The van der Waals surface area contributed by atoms with Crippen molar-refractivity contribution in [3.05, 3.63) is 96.6 Å². The Morgan fingerprint density at radius 3 is 1.95 bits per heavy atom. The topological polar surface area (TPSA) is 325 Å². The van der Waals surface area contributed by atoms with Gasteiger partial charge < -0.3 is 20.3 Å². The van der Waals surface area contributed by atoms with E-state index in [-0.39, 0.29) is 54.8 Å². The fourth-order valence-electron chi connectivity index (χ4n) is 6.48. The molecule has 7 aromatic carbocycles. The summed E-state index contributed by atoms with van der Waals surface area (Å²) in [6.45, 7) is 1.77. The number of fused-ring (bicyclic) bond motifs is 3. The fourth-order valence-corrected chi connectivity index (χ4v) is 8.72. The zero-order valence-corrected chi connectivity index (χ0v) is 36.6. The third kappa shape index (κ3) is 10.1. The largest absolute Gasteiger partial charge is 0.505 e. The van der Waals surface area contributed by atoms with Gasteiger partial charge in [-0.3, -0.25) is 9.11 Å². The van der Waals surface area contributed by atoms with Crippen LogP contribution in [0, 0.1) is 6.92 Å². The van der Waals surface area contributed by atoms with Crippen LogP contribution in [-0.2, 0) is 39.0 Å². The first-order valence-electron chi connectivity index (χ1n) is 18.0. The first-order valence-corrected chi connectivity index (χ1v) is 22.4. The van der Waals surface area contributed by atoms with Crippen molar-refractivity contribution in [1.29, 1.82) is 0 Å². The summed E-state index contributed by atoms with van der Waals surface area (Å²) in [6, 6.07) is 22.2. The van der Waals surface area contributed by atoms with Crippen LogP contribution in [-0.4, -0.2) is 55.8 Å². The van der Waals surface area contributed by atoms with Gasteiger partial charge in [0, 0.05) is 38.6 Å². The van der Waals surface area contributed by atoms with E-state index in [2.05, 4.69) is 49.4 Å². The molecule has 0 aliphatic carbocycles. The van der Waals surface area contributed by atoms with Crippen molar-refractivity contribution in [1.82, 2.24) is 0 Å². The maximum atomic E-state index is 11.9. The van der Waals surface area contributed by atoms with Crippen LogP contribution in [0.15, 0.2) is 141 Å². The SMILES string of the molecule is COc1cc(N=Nc2ccc3c(S(=O)(=O)O)cccc3c2)c(C)cc1N=Nc1cc(OC)c(N=Nc2c(SOOO)cc3cc(S(=O)(=O)O)c(N)cc3c2O)c2ccc(SOOO)cc12. The first kappa shape index (κ1) is 46.6. The Kier molecular flexibility index (Phi) is 13.9. The van der Waals surface area contributed by atoms with Gasteiger partial charge in [-0.25, -0.2) is 10.5 Å². The molecule has 26 heteroatoms. The molecule has 336 valence electrons. The molecular formula is C39H31N7O15S4. The number of nitrogens with zero attached hydrogens (tertiary/aromatic N) is 6. The Labute approximate surface area is 375 Å². The minimum Gasteiger partial charge on any atom is -0.505 e. The summed E-state index contributed by atoms with van der Waals surface area (Å²) < 4.78 is 87.4. The van der Waals surface area contributed by atoms with Gasteiger partial charge in [0.2, 0.25) is 0 Å². The van der Waals surface area contributed by atoms with Crippen molar-refractivity contribution < 1.29 is 69.8 Å². The number of anilines is 1. The molecule has 7 aromatic rings. The van der Waals surface area contributed by atoms with Crippen LogP contribution in [0.4, 0.5) is 39.8 Å². The average Bonchev–Trinajstić information content (AvgIpc) is 3.27. The molecule has 0 aromatic heterocycles. The third-order valence-corrected chi connectivity index (χ3v) is 12.4. The van der Waals surface area contributed by atoms with Crippen LogP contribution < -0.4 is 15.2 Å². The van der Waals surface area contributed by atoms with Gasteiger partial charge in [0.05, 0.1) is 66.0 Å². The Morgan fingerprint density at radius 2 is 1.25 bits per heavy atom. The molecule has 0 radical (unpaired) electrons. The van der Waals surface area contributed by atoms with Crippen molar-refractivity contribution in [2.45, 2.75) is 26.5 Å². The molecule has 0 unspecified atom stereocenters. The number of phenolic OH excluding ortho intramolecular Hbond substituents is 1. The van der Waals surface area contributed by atoms with Crippen molar-refractivity contribution in [3.8, 4) is 17.2 Å². The number of nitrogens with two attached hydrogens (primary N) is 1. The number of methoxy groups -OCH3 is 2. The monoisotopic (exact) mass is 965 g/mol. The quantitative estimate of drug-likeness (QED) is 0.0131. The van der Waals surface area contributed by atoms with Crippen LogP contribution in [0.25, 0.3) is 32.3 Å². The Morgan fingerprint density at radius 1 is 0.585 bits per heavy atom. The summed E-state index contributed by atoms with van der Waals surface area (Å²) in [6.07, 6.45) is 0. The summed E-state index contributed by atoms with van der Waals surface area (Å²) in [7, 11) is -6.41. The predicted octanol–water partition coefficient (Wildman–Crippen LogP) is 11.4. The van der Waals surface area contributed by atoms with E-state index >= 15 is 0 Å². The number of rotatable bonds is 16.